The first-order chi connectivity index (χ1) is 11.1. The van der Waals surface area contributed by atoms with Gasteiger partial charge >= 0.3 is 0 Å². The van der Waals surface area contributed by atoms with Gasteiger partial charge < -0.3 is 15.5 Å². The van der Waals surface area contributed by atoms with Gasteiger partial charge in [-0.1, -0.05) is 19.9 Å². The molecule has 0 aliphatic carbocycles. The van der Waals surface area contributed by atoms with Crippen molar-refractivity contribution in [2.24, 2.45) is 10.9 Å². The predicted octanol–water partition coefficient (Wildman–Crippen LogP) is 3.65. The van der Waals surface area contributed by atoms with Gasteiger partial charge in [0, 0.05) is 39.4 Å². The SMILES string of the molecule is CCN(CC)c1ccc(CNC(=NC)NCCCC(C)C)cn1.I. The molecule has 24 heavy (non-hydrogen) atoms. The third-order valence-corrected chi connectivity index (χ3v) is 3.83. The first-order valence-corrected chi connectivity index (χ1v) is 8.75. The van der Waals surface area contributed by atoms with E-state index < -0.39 is 0 Å². The lowest BCUT2D eigenvalue weighted by atomic mass is 10.1. The quantitative estimate of drug-likeness (QED) is 0.263. The number of pyridine rings is 1. The molecule has 6 heteroatoms. The Morgan fingerprint density at radius 2 is 1.92 bits per heavy atom. The minimum absolute atomic E-state index is 0. The number of hydrogen-bond acceptors (Lipinski definition) is 3. The Kier molecular flexibility index (Phi) is 12.7. The molecule has 1 rings (SSSR count). The number of aliphatic imine (C=N–C) groups is 1. The molecule has 0 radical (unpaired) electrons. The molecule has 0 amide bonds. The molecule has 5 nitrogen and oxygen atoms in total. The van der Waals surface area contributed by atoms with Gasteiger partial charge in [-0.2, -0.15) is 0 Å². The molecule has 0 fully saturated rings. The van der Waals surface area contributed by atoms with E-state index in [4.69, 9.17) is 0 Å². The van der Waals surface area contributed by atoms with Crippen LogP contribution in [0.5, 0.6) is 0 Å². The molecule has 138 valence electrons. The van der Waals surface area contributed by atoms with Crippen molar-refractivity contribution in [1.82, 2.24) is 15.6 Å². The van der Waals surface area contributed by atoms with Crippen LogP contribution in [0.25, 0.3) is 0 Å². The average Bonchev–Trinajstić information content (AvgIpc) is 2.56. The number of aromatic nitrogens is 1. The fourth-order valence-corrected chi connectivity index (χ4v) is 2.38. The van der Waals surface area contributed by atoms with E-state index in [1.807, 2.05) is 6.20 Å². The van der Waals surface area contributed by atoms with Crippen LogP contribution < -0.4 is 15.5 Å². The maximum Gasteiger partial charge on any atom is 0.191 e. The van der Waals surface area contributed by atoms with E-state index in [0.29, 0.717) is 0 Å². The van der Waals surface area contributed by atoms with Crippen LogP contribution in [0.1, 0.15) is 46.1 Å². The van der Waals surface area contributed by atoms with Crippen molar-refractivity contribution < 1.29 is 0 Å². The highest BCUT2D eigenvalue weighted by atomic mass is 127. The van der Waals surface area contributed by atoms with Gasteiger partial charge in [-0.25, -0.2) is 4.98 Å². The zero-order chi connectivity index (χ0) is 17.1. The summed E-state index contributed by atoms with van der Waals surface area (Å²) in [6.45, 7) is 12.4. The second-order valence-corrected chi connectivity index (χ2v) is 6.09. The third-order valence-electron chi connectivity index (χ3n) is 3.83. The minimum Gasteiger partial charge on any atom is -0.357 e. The molecule has 0 aromatic carbocycles. The lowest BCUT2D eigenvalue weighted by molar-refractivity contribution is 0.549. The molecule has 0 unspecified atom stereocenters. The van der Waals surface area contributed by atoms with Crippen molar-refractivity contribution in [3.8, 4) is 0 Å². The summed E-state index contributed by atoms with van der Waals surface area (Å²) in [6.07, 6.45) is 4.34. The first kappa shape index (κ1) is 22.9. The molecule has 0 aliphatic heterocycles. The second kappa shape index (κ2) is 13.3. The van der Waals surface area contributed by atoms with Crippen LogP contribution >= 0.6 is 24.0 Å². The maximum atomic E-state index is 4.54. The van der Waals surface area contributed by atoms with E-state index in [0.717, 1.165) is 49.4 Å². The van der Waals surface area contributed by atoms with Gasteiger partial charge in [0.05, 0.1) is 0 Å². The lowest BCUT2D eigenvalue weighted by Gasteiger charge is -2.19. The third kappa shape index (κ3) is 8.70. The van der Waals surface area contributed by atoms with Crippen LogP contribution in [-0.2, 0) is 6.54 Å². The molecule has 1 aromatic rings. The number of hydrogen-bond donors (Lipinski definition) is 2. The number of rotatable bonds is 9. The van der Waals surface area contributed by atoms with Crippen LogP contribution in [0.4, 0.5) is 5.82 Å². The zero-order valence-corrected chi connectivity index (χ0v) is 18.1. The molecular formula is C18H34IN5. The largest absolute Gasteiger partial charge is 0.357 e. The molecular weight excluding hydrogens is 413 g/mol. The highest BCUT2D eigenvalue weighted by Crippen LogP contribution is 2.10. The van der Waals surface area contributed by atoms with Crippen molar-refractivity contribution in [3.05, 3.63) is 23.9 Å². The first-order valence-electron chi connectivity index (χ1n) is 8.75. The molecule has 0 saturated carbocycles. The average molecular weight is 447 g/mol. The van der Waals surface area contributed by atoms with Crippen molar-refractivity contribution in [2.75, 3.05) is 31.6 Å². The maximum absolute atomic E-state index is 4.54. The molecule has 2 N–H and O–H groups in total. The summed E-state index contributed by atoms with van der Waals surface area (Å²) in [4.78, 5) is 11.0. The van der Waals surface area contributed by atoms with Gasteiger partial charge in [0.2, 0.25) is 0 Å². The molecule has 1 aromatic heterocycles. The highest BCUT2D eigenvalue weighted by Gasteiger charge is 2.04. The lowest BCUT2D eigenvalue weighted by Crippen LogP contribution is -2.37. The summed E-state index contributed by atoms with van der Waals surface area (Å²) in [5.41, 5.74) is 1.16. The summed E-state index contributed by atoms with van der Waals surface area (Å²) in [5, 5.41) is 6.69. The molecule has 0 bridgehead atoms. The minimum atomic E-state index is 0. The Bertz CT molecular complexity index is 455. The van der Waals surface area contributed by atoms with Crippen molar-refractivity contribution in [1.29, 1.82) is 0 Å². The molecule has 1 heterocycles. The van der Waals surface area contributed by atoms with Gasteiger partial charge in [0.1, 0.15) is 5.82 Å². The van der Waals surface area contributed by atoms with E-state index in [9.17, 15) is 0 Å². The Morgan fingerprint density at radius 1 is 1.21 bits per heavy atom. The molecule has 0 saturated heterocycles. The van der Waals surface area contributed by atoms with Crippen LogP contribution in [-0.4, -0.2) is 37.6 Å². The van der Waals surface area contributed by atoms with Crippen LogP contribution in [0, 0.1) is 5.92 Å². The Morgan fingerprint density at radius 3 is 2.42 bits per heavy atom. The predicted molar refractivity (Wildman–Crippen MR) is 115 cm³/mol. The highest BCUT2D eigenvalue weighted by molar-refractivity contribution is 14.0. The summed E-state index contributed by atoms with van der Waals surface area (Å²) in [6, 6.07) is 4.21. The summed E-state index contributed by atoms with van der Waals surface area (Å²) in [5.74, 6) is 2.64. The van der Waals surface area contributed by atoms with Crippen LogP contribution in [0.15, 0.2) is 23.3 Å². The van der Waals surface area contributed by atoms with Crippen LogP contribution in [0.2, 0.25) is 0 Å². The second-order valence-electron chi connectivity index (χ2n) is 6.09. The normalized spacial score (nSPS) is 11.2. The monoisotopic (exact) mass is 447 g/mol. The van der Waals surface area contributed by atoms with Crippen molar-refractivity contribution in [2.45, 2.75) is 47.1 Å². The number of nitrogens with one attached hydrogen (secondary N) is 2. The Balaban J connectivity index is 0.00000529. The van der Waals surface area contributed by atoms with E-state index in [1.165, 1.54) is 12.8 Å². The van der Waals surface area contributed by atoms with Crippen LogP contribution in [0.3, 0.4) is 0 Å². The number of nitrogens with zero attached hydrogens (tertiary/aromatic N) is 3. The smallest absolute Gasteiger partial charge is 0.191 e. The summed E-state index contributed by atoms with van der Waals surface area (Å²) in [7, 11) is 1.81. The summed E-state index contributed by atoms with van der Waals surface area (Å²) >= 11 is 0. The fraction of sp³-hybridized carbons (Fsp3) is 0.667. The number of anilines is 1. The number of guanidine groups is 1. The van der Waals surface area contributed by atoms with Gasteiger partial charge in [0.25, 0.3) is 0 Å². The van der Waals surface area contributed by atoms with E-state index in [-0.39, 0.29) is 24.0 Å². The summed E-state index contributed by atoms with van der Waals surface area (Å²) < 4.78 is 0. The Labute approximate surface area is 164 Å². The fourth-order valence-electron chi connectivity index (χ4n) is 2.38. The van der Waals surface area contributed by atoms with E-state index >= 15 is 0 Å². The molecule has 0 atom stereocenters. The van der Waals surface area contributed by atoms with Gasteiger partial charge in [0.15, 0.2) is 5.96 Å². The van der Waals surface area contributed by atoms with Crippen molar-refractivity contribution in [3.63, 3.8) is 0 Å². The standard InChI is InChI=1S/C18H33N5.HI/c1-6-23(7-2)17-11-10-16(13-21-17)14-22-18(19-5)20-12-8-9-15(3)4;/h10-11,13,15H,6-9,12,14H2,1-5H3,(H2,19,20,22);1H. The van der Waals surface area contributed by atoms with E-state index in [2.05, 4.69) is 65.3 Å². The van der Waals surface area contributed by atoms with Gasteiger partial charge in [-0.05, 0) is 44.2 Å². The van der Waals surface area contributed by atoms with Crippen molar-refractivity contribution >= 4 is 35.8 Å². The van der Waals surface area contributed by atoms with Gasteiger partial charge in [-0.15, -0.1) is 24.0 Å². The molecule has 0 spiro atoms. The van der Waals surface area contributed by atoms with E-state index in [1.54, 1.807) is 7.05 Å². The Hall–Kier alpha value is -1.05. The molecule has 0 aliphatic rings. The number of halogens is 1. The topological polar surface area (TPSA) is 52.5 Å². The van der Waals surface area contributed by atoms with Gasteiger partial charge in [-0.3, -0.25) is 4.99 Å². The zero-order valence-electron chi connectivity index (χ0n) is 15.8.